The van der Waals surface area contributed by atoms with Crippen LogP contribution < -0.4 is 9.64 Å². The molecule has 31 heavy (non-hydrogen) atoms. The van der Waals surface area contributed by atoms with Gasteiger partial charge in [-0.05, 0) is 37.1 Å². The van der Waals surface area contributed by atoms with Crippen molar-refractivity contribution in [1.82, 2.24) is 20.1 Å². The minimum absolute atomic E-state index is 0.0291. The minimum Gasteiger partial charge on any atom is -0.481 e. The van der Waals surface area contributed by atoms with Crippen molar-refractivity contribution in [2.45, 2.75) is 18.8 Å². The first-order valence-corrected chi connectivity index (χ1v) is 10.2. The summed E-state index contributed by atoms with van der Waals surface area (Å²) in [4.78, 5) is 33.0. The van der Waals surface area contributed by atoms with Crippen LogP contribution in [0.25, 0.3) is 0 Å². The fourth-order valence-corrected chi connectivity index (χ4v) is 3.80. The van der Waals surface area contributed by atoms with E-state index in [1.165, 1.54) is 0 Å². The number of carbonyl (C=O) groups excluding carboxylic acids is 2. The molecule has 1 aliphatic heterocycles. The monoisotopic (exact) mass is 419 g/mol. The van der Waals surface area contributed by atoms with Crippen LogP contribution in [0.2, 0.25) is 0 Å². The number of nitrogens with one attached hydrogen (secondary N) is 1. The van der Waals surface area contributed by atoms with E-state index in [9.17, 15) is 9.59 Å². The number of ether oxygens (including phenoxy) is 1. The molecule has 8 heteroatoms. The summed E-state index contributed by atoms with van der Waals surface area (Å²) < 4.78 is 5.04. The molecule has 1 aromatic carbocycles. The molecule has 0 atom stereocenters. The average molecular weight is 419 g/mol. The van der Waals surface area contributed by atoms with Gasteiger partial charge in [-0.2, -0.15) is 5.10 Å². The molecule has 4 rings (SSSR count). The van der Waals surface area contributed by atoms with Gasteiger partial charge < -0.3 is 14.5 Å². The number of anilines is 1. The number of carbonyl (C=O) groups is 2. The Morgan fingerprint density at radius 3 is 2.52 bits per heavy atom. The number of aromatic amines is 1. The number of rotatable bonds is 5. The molecule has 0 unspecified atom stereocenters. The molecule has 0 radical (unpaired) electrons. The van der Waals surface area contributed by atoms with Gasteiger partial charge in [0.05, 0.1) is 12.7 Å². The molecule has 1 N–H and O–H groups in total. The Bertz CT molecular complexity index is 1040. The maximum atomic E-state index is 12.8. The summed E-state index contributed by atoms with van der Waals surface area (Å²) >= 11 is 0. The largest absolute Gasteiger partial charge is 0.481 e. The van der Waals surface area contributed by atoms with Crippen molar-refractivity contribution in [3.63, 3.8) is 0 Å². The fraction of sp³-hybridized carbons (Fsp3) is 0.304. The summed E-state index contributed by atoms with van der Waals surface area (Å²) in [6, 6.07) is 14.7. The Labute approximate surface area is 180 Å². The van der Waals surface area contributed by atoms with E-state index in [0.29, 0.717) is 30.2 Å². The first kappa shape index (κ1) is 20.6. The fourth-order valence-electron chi connectivity index (χ4n) is 3.80. The summed E-state index contributed by atoms with van der Waals surface area (Å²) in [6.07, 6.45) is 3.16. The highest BCUT2D eigenvalue weighted by Gasteiger charge is 2.27. The number of hydrogen-bond acceptors (Lipinski definition) is 5. The predicted octanol–water partition coefficient (Wildman–Crippen LogP) is 3.11. The second-order valence-corrected chi connectivity index (χ2v) is 7.56. The van der Waals surface area contributed by atoms with Crippen LogP contribution in [0.3, 0.4) is 0 Å². The first-order chi connectivity index (χ1) is 15.1. The molecule has 8 nitrogen and oxygen atoms in total. The van der Waals surface area contributed by atoms with E-state index in [1.54, 1.807) is 37.4 Å². The normalized spacial score (nSPS) is 14.3. The molecule has 1 aliphatic rings. The third kappa shape index (κ3) is 4.42. The standard InChI is InChI=1S/C23H25N5O3/c1-27(18-6-4-3-5-7-18)23(30)20-14-19(25-26-20)16-10-12-28(13-11-16)22(29)17-8-9-21(31-2)24-15-17/h3-9,14-16H,10-13H2,1-2H3,(H,25,26). The number of para-hydroxylation sites is 1. The van der Waals surface area contributed by atoms with Crippen LogP contribution >= 0.6 is 0 Å². The van der Waals surface area contributed by atoms with Crippen molar-refractivity contribution >= 4 is 17.5 Å². The highest BCUT2D eigenvalue weighted by atomic mass is 16.5. The summed E-state index contributed by atoms with van der Waals surface area (Å²) in [5.74, 6) is 0.527. The molecule has 1 saturated heterocycles. The maximum Gasteiger partial charge on any atom is 0.278 e. The smallest absolute Gasteiger partial charge is 0.278 e. The molecule has 2 amide bonds. The van der Waals surface area contributed by atoms with Crippen molar-refractivity contribution in [1.29, 1.82) is 0 Å². The molecule has 0 saturated carbocycles. The Morgan fingerprint density at radius 2 is 1.87 bits per heavy atom. The molecule has 0 aliphatic carbocycles. The van der Waals surface area contributed by atoms with Gasteiger partial charge in [0, 0.05) is 49.7 Å². The van der Waals surface area contributed by atoms with E-state index in [1.807, 2.05) is 41.3 Å². The van der Waals surface area contributed by atoms with Crippen LogP contribution in [0.15, 0.2) is 54.7 Å². The molecule has 2 aromatic heterocycles. The number of pyridine rings is 1. The lowest BCUT2D eigenvalue weighted by Gasteiger charge is -2.31. The Hall–Kier alpha value is -3.68. The zero-order chi connectivity index (χ0) is 21.8. The number of nitrogens with zero attached hydrogens (tertiary/aromatic N) is 4. The number of benzene rings is 1. The number of aromatic nitrogens is 3. The zero-order valence-electron chi connectivity index (χ0n) is 17.6. The molecule has 160 valence electrons. The average Bonchev–Trinajstić information content (AvgIpc) is 3.34. The van der Waals surface area contributed by atoms with Gasteiger partial charge in [0.15, 0.2) is 5.69 Å². The molecule has 0 spiro atoms. The van der Waals surface area contributed by atoms with Crippen LogP contribution in [0, 0.1) is 0 Å². The van der Waals surface area contributed by atoms with E-state index in [2.05, 4.69) is 15.2 Å². The number of amides is 2. The molecular weight excluding hydrogens is 394 g/mol. The lowest BCUT2D eigenvalue weighted by molar-refractivity contribution is 0.0711. The van der Waals surface area contributed by atoms with Crippen molar-refractivity contribution in [3.8, 4) is 5.88 Å². The Morgan fingerprint density at radius 1 is 1.13 bits per heavy atom. The van der Waals surface area contributed by atoms with Gasteiger partial charge in [0.25, 0.3) is 11.8 Å². The van der Waals surface area contributed by atoms with Gasteiger partial charge in [0.2, 0.25) is 5.88 Å². The Balaban J connectivity index is 1.36. The van der Waals surface area contributed by atoms with Crippen molar-refractivity contribution < 1.29 is 14.3 Å². The zero-order valence-corrected chi connectivity index (χ0v) is 17.6. The van der Waals surface area contributed by atoms with Gasteiger partial charge in [-0.25, -0.2) is 4.98 Å². The van der Waals surface area contributed by atoms with E-state index in [-0.39, 0.29) is 17.7 Å². The summed E-state index contributed by atoms with van der Waals surface area (Å²) in [7, 11) is 3.28. The van der Waals surface area contributed by atoms with Crippen LogP contribution in [0.1, 0.15) is 45.3 Å². The maximum absolute atomic E-state index is 12.8. The number of H-pyrrole nitrogens is 1. The van der Waals surface area contributed by atoms with Crippen LogP contribution in [-0.2, 0) is 0 Å². The van der Waals surface area contributed by atoms with Gasteiger partial charge in [-0.1, -0.05) is 18.2 Å². The van der Waals surface area contributed by atoms with Crippen molar-refractivity contribution in [2.75, 3.05) is 32.1 Å². The van der Waals surface area contributed by atoms with Gasteiger partial charge in [-0.3, -0.25) is 14.7 Å². The van der Waals surface area contributed by atoms with Crippen LogP contribution in [-0.4, -0.2) is 59.1 Å². The van der Waals surface area contributed by atoms with Crippen LogP contribution in [0.4, 0.5) is 5.69 Å². The quantitative estimate of drug-likeness (QED) is 0.686. The number of methoxy groups -OCH3 is 1. The highest BCUT2D eigenvalue weighted by Crippen LogP contribution is 2.28. The molecular formula is C23H25N5O3. The van der Waals surface area contributed by atoms with Gasteiger partial charge in [-0.15, -0.1) is 0 Å². The SMILES string of the molecule is COc1ccc(C(=O)N2CCC(c3cc(C(=O)N(C)c4ccccc4)n[nH]3)CC2)cn1. The van der Waals surface area contributed by atoms with E-state index < -0.39 is 0 Å². The number of hydrogen-bond donors (Lipinski definition) is 1. The number of piperidine rings is 1. The van der Waals surface area contributed by atoms with E-state index in [4.69, 9.17) is 4.74 Å². The summed E-state index contributed by atoms with van der Waals surface area (Å²) in [5.41, 5.74) is 2.70. The highest BCUT2D eigenvalue weighted by molar-refractivity contribution is 6.04. The Kier molecular flexibility index (Phi) is 5.97. The van der Waals surface area contributed by atoms with Crippen molar-refractivity contribution in [2.24, 2.45) is 0 Å². The molecule has 3 aromatic rings. The summed E-state index contributed by atoms with van der Waals surface area (Å²) in [6.45, 7) is 1.28. The topological polar surface area (TPSA) is 91.4 Å². The second kappa shape index (κ2) is 8.99. The molecule has 3 heterocycles. The summed E-state index contributed by atoms with van der Waals surface area (Å²) in [5, 5.41) is 7.27. The third-order valence-corrected chi connectivity index (χ3v) is 5.68. The second-order valence-electron chi connectivity index (χ2n) is 7.56. The van der Waals surface area contributed by atoms with Gasteiger partial charge >= 0.3 is 0 Å². The third-order valence-electron chi connectivity index (χ3n) is 5.68. The lowest BCUT2D eigenvalue weighted by Crippen LogP contribution is -2.38. The molecule has 1 fully saturated rings. The van der Waals surface area contributed by atoms with E-state index >= 15 is 0 Å². The van der Waals surface area contributed by atoms with E-state index in [0.717, 1.165) is 24.2 Å². The lowest BCUT2D eigenvalue weighted by atomic mass is 9.93. The predicted molar refractivity (Wildman–Crippen MR) is 116 cm³/mol. The van der Waals surface area contributed by atoms with Crippen LogP contribution in [0.5, 0.6) is 5.88 Å². The minimum atomic E-state index is -0.159. The van der Waals surface area contributed by atoms with Crippen molar-refractivity contribution in [3.05, 3.63) is 71.7 Å². The first-order valence-electron chi connectivity index (χ1n) is 10.2. The number of likely N-dealkylation sites (tertiary alicyclic amines) is 1. The molecule has 0 bridgehead atoms. The van der Waals surface area contributed by atoms with Gasteiger partial charge in [0.1, 0.15) is 0 Å².